The zero-order valence-electron chi connectivity index (χ0n) is 6.40. The summed E-state index contributed by atoms with van der Waals surface area (Å²) in [6.07, 6.45) is 5.21. The number of ether oxygens (including phenoxy) is 1. The van der Waals surface area contributed by atoms with Crippen molar-refractivity contribution >= 4 is 11.6 Å². The molecule has 64 valence electrons. The van der Waals surface area contributed by atoms with Crippen molar-refractivity contribution in [1.82, 2.24) is 15.2 Å². The van der Waals surface area contributed by atoms with Crippen LogP contribution < -0.4 is 4.74 Å². The lowest BCUT2D eigenvalue weighted by molar-refractivity contribution is 0.114. The van der Waals surface area contributed by atoms with Crippen molar-refractivity contribution < 1.29 is 4.74 Å². The molecule has 1 fully saturated rings. The van der Waals surface area contributed by atoms with E-state index in [0.29, 0.717) is 12.0 Å². The molecular weight excluding hydrogens is 178 g/mol. The molecule has 0 aromatic carbocycles. The highest BCUT2D eigenvalue weighted by molar-refractivity contribution is 6.28. The fourth-order valence-corrected chi connectivity index (χ4v) is 1.11. The molecule has 1 aromatic heterocycles. The number of hydrogen-bond donors (Lipinski definition) is 0. The van der Waals surface area contributed by atoms with Gasteiger partial charge in [0.2, 0.25) is 11.2 Å². The molecule has 0 atom stereocenters. The van der Waals surface area contributed by atoms with Crippen LogP contribution in [0.2, 0.25) is 5.28 Å². The van der Waals surface area contributed by atoms with Gasteiger partial charge in [-0.1, -0.05) is 0 Å². The van der Waals surface area contributed by atoms with Gasteiger partial charge >= 0.3 is 0 Å². The van der Waals surface area contributed by atoms with E-state index in [4.69, 9.17) is 16.3 Å². The van der Waals surface area contributed by atoms with Gasteiger partial charge in [0.15, 0.2) is 0 Å². The molecular formula is C7H8ClN3O. The summed E-state index contributed by atoms with van der Waals surface area (Å²) in [5.41, 5.74) is 0. The van der Waals surface area contributed by atoms with Gasteiger partial charge in [0.25, 0.3) is 0 Å². The minimum absolute atomic E-state index is 0.131. The first kappa shape index (κ1) is 7.73. The summed E-state index contributed by atoms with van der Waals surface area (Å²) in [6, 6.07) is 0. The molecule has 0 aliphatic heterocycles. The fourth-order valence-electron chi connectivity index (χ4n) is 0.984. The summed E-state index contributed by atoms with van der Waals surface area (Å²) in [7, 11) is 0. The van der Waals surface area contributed by atoms with Gasteiger partial charge in [-0.25, -0.2) is 0 Å². The highest BCUT2D eigenvalue weighted by Crippen LogP contribution is 2.23. The molecule has 1 aliphatic rings. The molecule has 0 radical (unpaired) electrons. The maximum atomic E-state index is 5.52. The standard InChI is InChI=1S/C7H8ClN3O/c8-7-10-6(4-9-11-7)12-5-2-1-3-5/h4-5H,1-3H2. The van der Waals surface area contributed by atoms with E-state index in [9.17, 15) is 0 Å². The summed E-state index contributed by atoms with van der Waals surface area (Å²) < 4.78 is 5.43. The second-order valence-electron chi connectivity index (χ2n) is 2.73. The van der Waals surface area contributed by atoms with E-state index in [2.05, 4.69) is 15.2 Å². The van der Waals surface area contributed by atoms with E-state index in [1.165, 1.54) is 12.6 Å². The Balaban J connectivity index is 2.02. The summed E-state index contributed by atoms with van der Waals surface area (Å²) >= 11 is 5.52. The number of aromatic nitrogens is 3. The SMILES string of the molecule is Clc1nncc(OC2CCC2)n1. The van der Waals surface area contributed by atoms with E-state index in [1.807, 2.05) is 0 Å². The number of halogens is 1. The molecule has 12 heavy (non-hydrogen) atoms. The van der Waals surface area contributed by atoms with E-state index in [1.54, 1.807) is 0 Å². The highest BCUT2D eigenvalue weighted by Gasteiger charge is 2.19. The van der Waals surface area contributed by atoms with Crippen LogP contribution in [0, 0.1) is 0 Å². The second-order valence-corrected chi connectivity index (χ2v) is 3.07. The summed E-state index contributed by atoms with van der Waals surface area (Å²) in [6.45, 7) is 0. The molecule has 1 heterocycles. The van der Waals surface area contributed by atoms with Gasteiger partial charge in [0, 0.05) is 0 Å². The van der Waals surface area contributed by atoms with Gasteiger partial charge in [-0.3, -0.25) is 0 Å². The minimum Gasteiger partial charge on any atom is -0.473 e. The van der Waals surface area contributed by atoms with Gasteiger partial charge in [0.05, 0.1) is 0 Å². The van der Waals surface area contributed by atoms with Gasteiger partial charge in [-0.15, -0.1) is 5.10 Å². The lowest BCUT2D eigenvalue weighted by Gasteiger charge is -2.25. The molecule has 0 unspecified atom stereocenters. The normalized spacial score (nSPS) is 17.1. The monoisotopic (exact) mass is 185 g/mol. The Labute approximate surface area is 74.9 Å². The van der Waals surface area contributed by atoms with Crippen LogP contribution in [0.5, 0.6) is 5.88 Å². The van der Waals surface area contributed by atoms with Crippen LogP contribution in [-0.2, 0) is 0 Å². The van der Waals surface area contributed by atoms with Crippen LogP contribution >= 0.6 is 11.6 Å². The zero-order chi connectivity index (χ0) is 8.39. The first-order valence-corrected chi connectivity index (χ1v) is 4.24. The fraction of sp³-hybridized carbons (Fsp3) is 0.571. The number of nitrogens with zero attached hydrogens (tertiary/aromatic N) is 3. The molecule has 1 saturated carbocycles. The Morgan fingerprint density at radius 3 is 2.92 bits per heavy atom. The molecule has 0 bridgehead atoms. The Hall–Kier alpha value is -0.900. The van der Waals surface area contributed by atoms with Crippen LogP contribution in [0.3, 0.4) is 0 Å². The van der Waals surface area contributed by atoms with E-state index < -0.39 is 0 Å². The van der Waals surface area contributed by atoms with Crippen molar-refractivity contribution in [1.29, 1.82) is 0 Å². The lowest BCUT2D eigenvalue weighted by atomic mass is 9.96. The maximum Gasteiger partial charge on any atom is 0.246 e. The maximum absolute atomic E-state index is 5.52. The molecule has 2 rings (SSSR count). The van der Waals surface area contributed by atoms with Gasteiger partial charge in [-0.05, 0) is 30.9 Å². The van der Waals surface area contributed by atoms with Crippen molar-refractivity contribution in [3.8, 4) is 5.88 Å². The molecule has 0 saturated heterocycles. The van der Waals surface area contributed by atoms with Crippen molar-refractivity contribution in [2.75, 3.05) is 0 Å². The van der Waals surface area contributed by atoms with Crippen LogP contribution in [0.1, 0.15) is 19.3 Å². The predicted octanol–water partition coefficient (Wildman–Crippen LogP) is 1.46. The van der Waals surface area contributed by atoms with Crippen LogP contribution in [-0.4, -0.2) is 21.3 Å². The first-order chi connectivity index (χ1) is 5.84. The molecule has 1 aromatic rings. The van der Waals surface area contributed by atoms with Crippen molar-refractivity contribution in [2.45, 2.75) is 25.4 Å². The van der Waals surface area contributed by atoms with E-state index >= 15 is 0 Å². The Morgan fingerprint density at radius 2 is 2.33 bits per heavy atom. The van der Waals surface area contributed by atoms with Gasteiger partial charge < -0.3 is 4.74 Å². The average Bonchev–Trinajstić information content (AvgIpc) is 1.97. The van der Waals surface area contributed by atoms with Gasteiger partial charge in [-0.2, -0.15) is 10.1 Å². The average molecular weight is 186 g/mol. The zero-order valence-corrected chi connectivity index (χ0v) is 7.16. The Bertz CT molecular complexity index is 277. The topological polar surface area (TPSA) is 47.9 Å². The molecule has 1 aliphatic carbocycles. The van der Waals surface area contributed by atoms with Crippen molar-refractivity contribution in [2.24, 2.45) is 0 Å². The van der Waals surface area contributed by atoms with Crippen LogP contribution in [0.25, 0.3) is 0 Å². The second kappa shape index (κ2) is 3.23. The molecule has 0 amide bonds. The molecule has 4 nitrogen and oxygen atoms in total. The molecule has 0 spiro atoms. The minimum atomic E-state index is 0.131. The molecule has 0 N–H and O–H groups in total. The third-order valence-electron chi connectivity index (χ3n) is 1.85. The van der Waals surface area contributed by atoms with E-state index in [0.717, 1.165) is 12.8 Å². The largest absolute Gasteiger partial charge is 0.473 e. The van der Waals surface area contributed by atoms with Crippen molar-refractivity contribution in [3.05, 3.63) is 11.5 Å². The lowest BCUT2D eigenvalue weighted by Crippen LogP contribution is -2.25. The summed E-state index contributed by atoms with van der Waals surface area (Å²) in [5.74, 6) is 0.472. The summed E-state index contributed by atoms with van der Waals surface area (Å²) in [4.78, 5) is 3.86. The first-order valence-electron chi connectivity index (χ1n) is 3.86. The Morgan fingerprint density at radius 1 is 1.50 bits per heavy atom. The van der Waals surface area contributed by atoms with Crippen molar-refractivity contribution in [3.63, 3.8) is 0 Å². The third-order valence-corrected chi connectivity index (χ3v) is 2.01. The van der Waals surface area contributed by atoms with Crippen LogP contribution in [0.15, 0.2) is 6.20 Å². The highest BCUT2D eigenvalue weighted by atomic mass is 35.5. The summed E-state index contributed by atoms with van der Waals surface area (Å²) in [5, 5.41) is 7.27. The number of rotatable bonds is 2. The Kier molecular flexibility index (Phi) is 2.08. The van der Waals surface area contributed by atoms with Crippen LogP contribution in [0.4, 0.5) is 0 Å². The smallest absolute Gasteiger partial charge is 0.246 e. The molecule has 5 heteroatoms. The van der Waals surface area contributed by atoms with E-state index in [-0.39, 0.29) is 5.28 Å². The number of hydrogen-bond acceptors (Lipinski definition) is 4. The predicted molar refractivity (Wildman–Crippen MR) is 43.1 cm³/mol. The quantitative estimate of drug-likeness (QED) is 0.700. The third kappa shape index (κ3) is 1.64. The van der Waals surface area contributed by atoms with Gasteiger partial charge in [0.1, 0.15) is 12.3 Å².